The lowest BCUT2D eigenvalue weighted by Crippen LogP contribution is -2.26. The molecule has 3 aromatic rings. The highest BCUT2D eigenvalue weighted by Gasteiger charge is 2.36. The lowest BCUT2D eigenvalue weighted by Gasteiger charge is -2.17. The van der Waals surface area contributed by atoms with Crippen LogP contribution in [0.2, 0.25) is 0 Å². The molecule has 0 spiro atoms. The van der Waals surface area contributed by atoms with Gasteiger partial charge in [0.2, 0.25) is 11.9 Å². The highest BCUT2D eigenvalue weighted by molar-refractivity contribution is 5.91. The third kappa shape index (κ3) is 3.07. The number of hydrogen-bond acceptors (Lipinski definition) is 8. The normalized spacial score (nSPS) is 22.0. The number of aromatic nitrogens is 4. The number of anilines is 1. The molecule has 0 saturated carbocycles. The minimum atomic E-state index is -0.883. The monoisotopic (exact) mass is 385 g/mol. The zero-order valence-corrected chi connectivity index (χ0v) is 14.8. The number of benzene rings is 1. The molecular formula is C18H19N5O5. The van der Waals surface area contributed by atoms with E-state index < -0.39 is 24.0 Å². The van der Waals surface area contributed by atoms with Crippen LogP contribution in [-0.2, 0) is 11.2 Å². The van der Waals surface area contributed by atoms with Crippen molar-refractivity contribution in [2.45, 2.75) is 31.3 Å². The second-order valence-electron chi connectivity index (χ2n) is 6.61. The van der Waals surface area contributed by atoms with Crippen LogP contribution in [0.25, 0.3) is 11.2 Å². The average Bonchev–Trinajstić information content (AvgIpc) is 3.26. The molecule has 28 heavy (non-hydrogen) atoms. The second-order valence-corrected chi connectivity index (χ2v) is 6.61. The van der Waals surface area contributed by atoms with Crippen molar-refractivity contribution in [1.82, 2.24) is 19.1 Å². The molecule has 0 bridgehead atoms. The van der Waals surface area contributed by atoms with Gasteiger partial charge in [0.15, 0.2) is 11.2 Å². The van der Waals surface area contributed by atoms with Crippen molar-refractivity contribution >= 4 is 23.0 Å². The standard InChI is InChI=1S/C18H19N5O5/c19-18-21-16(27)15-17(23(18)13(26)6-10-4-2-1-3-5-10)22(9-20-15)14-7-11(25)12(8-24)28-14/h1-5,9,11-12,14,24-25H,6-8H2,(H2,19,21,27)/t11?,12-,14-/m1/s1. The number of carbonyl (C=O) groups excluding carboxylic acids is 1. The largest absolute Gasteiger partial charge is 0.394 e. The zero-order chi connectivity index (χ0) is 19.8. The molecule has 3 heterocycles. The Kier molecular flexibility index (Phi) is 4.67. The SMILES string of the molecule is Nc1nc(=O)c2ncn([C@H]3CC(O)[C@@H](CO)O3)c2n1C(=O)Cc1ccccc1. The fourth-order valence-corrected chi connectivity index (χ4v) is 3.40. The summed E-state index contributed by atoms with van der Waals surface area (Å²) in [6.07, 6.45) is -0.803. The molecule has 10 nitrogen and oxygen atoms in total. The molecule has 0 aliphatic carbocycles. The Bertz CT molecular complexity index is 1080. The maximum atomic E-state index is 13.0. The third-order valence-electron chi connectivity index (χ3n) is 4.77. The number of imidazole rings is 1. The first kappa shape index (κ1) is 18.3. The highest BCUT2D eigenvalue weighted by atomic mass is 16.5. The van der Waals surface area contributed by atoms with E-state index in [0.717, 1.165) is 10.1 Å². The number of nitrogens with zero attached hydrogens (tertiary/aromatic N) is 4. The predicted octanol–water partition coefficient (Wildman–Crippen LogP) is -0.301. The van der Waals surface area contributed by atoms with Gasteiger partial charge in [-0.15, -0.1) is 0 Å². The number of rotatable bonds is 4. The molecule has 146 valence electrons. The van der Waals surface area contributed by atoms with Gasteiger partial charge >= 0.3 is 5.56 Å². The Balaban J connectivity index is 1.81. The Morgan fingerprint density at radius 3 is 2.75 bits per heavy atom. The van der Waals surface area contributed by atoms with E-state index in [9.17, 15) is 19.8 Å². The number of ether oxygens (including phenoxy) is 1. The number of fused-ring (bicyclic) bond motifs is 1. The fraction of sp³-hybridized carbons (Fsp3) is 0.333. The van der Waals surface area contributed by atoms with Crippen molar-refractivity contribution in [3.8, 4) is 0 Å². The van der Waals surface area contributed by atoms with E-state index in [4.69, 9.17) is 10.5 Å². The van der Waals surface area contributed by atoms with Crippen molar-refractivity contribution in [2.75, 3.05) is 12.3 Å². The van der Waals surface area contributed by atoms with Gasteiger partial charge in [-0.1, -0.05) is 30.3 Å². The molecular weight excluding hydrogens is 366 g/mol. The maximum absolute atomic E-state index is 13.0. The van der Waals surface area contributed by atoms with E-state index in [1.54, 1.807) is 12.1 Å². The Labute approximate surface area is 158 Å². The summed E-state index contributed by atoms with van der Waals surface area (Å²) in [5.74, 6) is -0.641. The topological polar surface area (TPSA) is 145 Å². The van der Waals surface area contributed by atoms with Crippen LogP contribution >= 0.6 is 0 Å². The highest BCUT2D eigenvalue weighted by Crippen LogP contribution is 2.31. The summed E-state index contributed by atoms with van der Waals surface area (Å²) in [6.45, 7) is -0.353. The quantitative estimate of drug-likeness (QED) is 0.555. The van der Waals surface area contributed by atoms with Crippen molar-refractivity contribution in [2.24, 2.45) is 0 Å². The molecule has 3 atom stereocenters. The molecule has 1 fully saturated rings. The first-order chi connectivity index (χ1) is 13.5. The molecule has 1 aromatic carbocycles. The predicted molar refractivity (Wildman–Crippen MR) is 98.6 cm³/mol. The summed E-state index contributed by atoms with van der Waals surface area (Å²) in [6, 6.07) is 9.09. The Hall–Kier alpha value is -3.08. The number of carbonyl (C=O) groups is 1. The summed E-state index contributed by atoms with van der Waals surface area (Å²) < 4.78 is 8.25. The lowest BCUT2D eigenvalue weighted by atomic mass is 10.1. The number of aliphatic hydroxyl groups is 2. The zero-order valence-electron chi connectivity index (χ0n) is 14.8. The van der Waals surface area contributed by atoms with Gasteiger partial charge in [0.1, 0.15) is 12.3 Å². The molecule has 1 saturated heterocycles. The van der Waals surface area contributed by atoms with Crippen molar-refractivity contribution in [3.05, 3.63) is 52.6 Å². The van der Waals surface area contributed by atoms with E-state index >= 15 is 0 Å². The molecule has 1 aliphatic heterocycles. The van der Waals surface area contributed by atoms with E-state index in [2.05, 4.69) is 9.97 Å². The Morgan fingerprint density at radius 2 is 2.07 bits per heavy atom. The molecule has 1 aliphatic rings. The van der Waals surface area contributed by atoms with Gasteiger partial charge in [-0.2, -0.15) is 4.98 Å². The van der Waals surface area contributed by atoms with Gasteiger partial charge in [0.05, 0.1) is 25.5 Å². The van der Waals surface area contributed by atoms with Crippen LogP contribution < -0.4 is 11.3 Å². The third-order valence-corrected chi connectivity index (χ3v) is 4.77. The molecule has 1 unspecified atom stereocenters. The molecule has 2 aromatic heterocycles. The minimum absolute atomic E-state index is 0.0267. The lowest BCUT2D eigenvalue weighted by molar-refractivity contribution is -0.0433. The summed E-state index contributed by atoms with van der Waals surface area (Å²) in [5, 5.41) is 19.3. The summed E-state index contributed by atoms with van der Waals surface area (Å²) >= 11 is 0. The van der Waals surface area contributed by atoms with Crippen LogP contribution in [0.5, 0.6) is 0 Å². The van der Waals surface area contributed by atoms with Crippen molar-refractivity contribution in [1.29, 1.82) is 0 Å². The van der Waals surface area contributed by atoms with Crippen molar-refractivity contribution < 1.29 is 19.7 Å². The maximum Gasteiger partial charge on any atom is 0.302 e. The van der Waals surface area contributed by atoms with Gasteiger partial charge in [0, 0.05) is 6.42 Å². The molecule has 4 rings (SSSR count). The van der Waals surface area contributed by atoms with Gasteiger partial charge in [0.25, 0.3) is 0 Å². The van der Waals surface area contributed by atoms with Gasteiger partial charge in [-0.05, 0) is 5.56 Å². The second kappa shape index (κ2) is 7.15. The van der Waals surface area contributed by atoms with Crippen LogP contribution in [0, 0.1) is 0 Å². The van der Waals surface area contributed by atoms with Crippen LogP contribution in [0.3, 0.4) is 0 Å². The molecule has 0 amide bonds. The van der Waals surface area contributed by atoms with E-state index in [0.29, 0.717) is 0 Å². The van der Waals surface area contributed by atoms with Crippen LogP contribution in [0.4, 0.5) is 5.95 Å². The first-order valence-corrected chi connectivity index (χ1v) is 8.76. The summed E-state index contributed by atoms with van der Waals surface area (Å²) in [4.78, 5) is 33.0. The molecule has 10 heteroatoms. The fourth-order valence-electron chi connectivity index (χ4n) is 3.40. The van der Waals surface area contributed by atoms with Gasteiger partial charge in [-0.3, -0.25) is 14.2 Å². The number of hydrogen-bond donors (Lipinski definition) is 3. The van der Waals surface area contributed by atoms with Crippen LogP contribution in [0.15, 0.2) is 41.5 Å². The number of aliphatic hydroxyl groups excluding tert-OH is 2. The summed E-state index contributed by atoms with van der Waals surface area (Å²) in [7, 11) is 0. The number of nitrogen functional groups attached to an aromatic ring is 1. The first-order valence-electron chi connectivity index (χ1n) is 8.76. The minimum Gasteiger partial charge on any atom is -0.394 e. The van der Waals surface area contributed by atoms with Crippen LogP contribution in [0.1, 0.15) is 23.0 Å². The van der Waals surface area contributed by atoms with E-state index in [1.807, 2.05) is 18.2 Å². The Morgan fingerprint density at radius 1 is 1.32 bits per heavy atom. The smallest absolute Gasteiger partial charge is 0.302 e. The van der Waals surface area contributed by atoms with E-state index in [-0.39, 0.29) is 42.5 Å². The summed E-state index contributed by atoms with van der Waals surface area (Å²) in [5.41, 5.74) is 6.15. The van der Waals surface area contributed by atoms with Crippen LogP contribution in [-0.4, -0.2) is 54.0 Å². The van der Waals surface area contributed by atoms with Gasteiger partial charge in [-0.25, -0.2) is 9.55 Å². The van der Waals surface area contributed by atoms with Gasteiger partial charge < -0.3 is 20.7 Å². The van der Waals surface area contributed by atoms with Crippen molar-refractivity contribution in [3.63, 3.8) is 0 Å². The molecule has 4 N–H and O–H groups in total. The molecule has 0 radical (unpaired) electrons. The number of nitrogens with two attached hydrogens (primary N) is 1. The average molecular weight is 385 g/mol. The van der Waals surface area contributed by atoms with E-state index in [1.165, 1.54) is 10.9 Å².